The van der Waals surface area contributed by atoms with Crippen LogP contribution in [0.4, 0.5) is 8.78 Å². The number of hydrogen-bond donors (Lipinski definition) is 3. The van der Waals surface area contributed by atoms with Crippen molar-refractivity contribution in [3.05, 3.63) is 70.1 Å². The summed E-state index contributed by atoms with van der Waals surface area (Å²) in [4.78, 5) is 77.2. The molecule has 46 heavy (non-hydrogen) atoms. The molecule has 244 valence electrons. The van der Waals surface area contributed by atoms with Crippen LogP contribution in [0, 0.1) is 0 Å². The molecule has 15 heteroatoms. The SMILES string of the molecule is CC(=O)N1CC[C@H]2CC[C@@H](C(=O)N3CCc4ccccc4C3)N2C(=O)[C@@H](NC(=O)c2cc3cc(C(F)(F)P(=O)(O)O)ccc3s2)C1. The van der Waals surface area contributed by atoms with Crippen molar-refractivity contribution in [2.75, 3.05) is 19.6 Å². The fourth-order valence-electron chi connectivity index (χ4n) is 6.64. The van der Waals surface area contributed by atoms with Crippen molar-refractivity contribution in [1.82, 2.24) is 20.0 Å². The molecular weight excluding hydrogens is 641 g/mol. The van der Waals surface area contributed by atoms with Crippen LogP contribution in [-0.2, 0) is 37.6 Å². The highest BCUT2D eigenvalue weighted by Gasteiger charge is 2.50. The van der Waals surface area contributed by atoms with Gasteiger partial charge in [0.1, 0.15) is 12.1 Å². The predicted molar refractivity (Wildman–Crippen MR) is 165 cm³/mol. The Morgan fingerprint density at radius 3 is 2.46 bits per heavy atom. The van der Waals surface area contributed by atoms with Crippen molar-refractivity contribution in [3.8, 4) is 0 Å². The monoisotopic (exact) mass is 674 g/mol. The van der Waals surface area contributed by atoms with Gasteiger partial charge in [0, 0.05) is 49.4 Å². The Morgan fingerprint density at radius 2 is 1.74 bits per heavy atom. The van der Waals surface area contributed by atoms with Gasteiger partial charge in [-0.15, -0.1) is 11.3 Å². The first-order valence-corrected chi connectivity index (χ1v) is 17.4. The maximum atomic E-state index is 14.3. The molecule has 3 atom stereocenters. The van der Waals surface area contributed by atoms with Gasteiger partial charge in [-0.2, -0.15) is 8.78 Å². The second-order valence-electron chi connectivity index (χ2n) is 12.0. The smallest absolute Gasteiger partial charge is 0.340 e. The third kappa shape index (κ3) is 5.94. The fraction of sp³-hybridized carbons (Fsp3) is 0.419. The number of carbonyl (C=O) groups excluding carboxylic acids is 4. The Kier molecular flexibility index (Phi) is 8.51. The maximum absolute atomic E-state index is 14.3. The Bertz CT molecular complexity index is 1780. The summed E-state index contributed by atoms with van der Waals surface area (Å²) in [7, 11) is -5.79. The first-order valence-electron chi connectivity index (χ1n) is 15.0. The second kappa shape index (κ2) is 12.1. The van der Waals surface area contributed by atoms with Crippen molar-refractivity contribution in [2.24, 2.45) is 0 Å². The number of thiophene rings is 1. The number of hydrogen-bond acceptors (Lipinski definition) is 6. The molecule has 4 amide bonds. The molecule has 2 aromatic carbocycles. The van der Waals surface area contributed by atoms with E-state index in [0.29, 0.717) is 50.0 Å². The van der Waals surface area contributed by atoms with E-state index >= 15 is 0 Å². The lowest BCUT2D eigenvalue weighted by atomic mass is 9.99. The zero-order chi connectivity index (χ0) is 33.0. The van der Waals surface area contributed by atoms with Gasteiger partial charge in [0.25, 0.3) is 5.91 Å². The number of nitrogens with one attached hydrogen (secondary N) is 1. The third-order valence-corrected chi connectivity index (χ3v) is 11.2. The fourth-order valence-corrected chi connectivity index (χ4v) is 8.07. The number of amides is 4. The number of carbonyl (C=O) groups is 4. The molecule has 1 aromatic heterocycles. The molecule has 0 radical (unpaired) electrons. The van der Waals surface area contributed by atoms with Gasteiger partial charge in [-0.25, -0.2) is 0 Å². The zero-order valence-corrected chi connectivity index (χ0v) is 26.6. The molecule has 0 aliphatic carbocycles. The van der Waals surface area contributed by atoms with Crippen molar-refractivity contribution >= 4 is 52.6 Å². The zero-order valence-electron chi connectivity index (χ0n) is 24.9. The van der Waals surface area contributed by atoms with E-state index in [9.17, 15) is 32.5 Å². The summed E-state index contributed by atoms with van der Waals surface area (Å²) in [5, 5.41) is 2.89. The van der Waals surface area contributed by atoms with Gasteiger partial charge in [-0.05, 0) is 60.4 Å². The summed E-state index contributed by atoms with van der Waals surface area (Å²) >= 11 is 0.959. The lowest BCUT2D eigenvalue weighted by molar-refractivity contribution is -0.149. The molecule has 0 bridgehead atoms. The Labute approximate surface area is 267 Å². The van der Waals surface area contributed by atoms with Crippen LogP contribution in [0.2, 0.25) is 0 Å². The van der Waals surface area contributed by atoms with E-state index in [1.54, 1.807) is 9.80 Å². The molecule has 0 saturated carbocycles. The van der Waals surface area contributed by atoms with E-state index in [-0.39, 0.29) is 34.7 Å². The van der Waals surface area contributed by atoms with Crippen molar-refractivity contribution in [2.45, 2.75) is 62.9 Å². The highest BCUT2D eigenvalue weighted by atomic mass is 32.1. The van der Waals surface area contributed by atoms with Gasteiger partial charge in [-0.1, -0.05) is 30.3 Å². The van der Waals surface area contributed by atoms with E-state index in [2.05, 4.69) is 5.32 Å². The van der Waals surface area contributed by atoms with Crippen LogP contribution >= 0.6 is 18.9 Å². The average molecular weight is 675 g/mol. The average Bonchev–Trinajstić information content (AvgIpc) is 3.64. The first-order chi connectivity index (χ1) is 21.7. The lowest BCUT2D eigenvalue weighted by Gasteiger charge is -2.40. The van der Waals surface area contributed by atoms with Crippen LogP contribution in [-0.4, -0.2) is 85.9 Å². The molecule has 2 saturated heterocycles. The predicted octanol–water partition coefficient (Wildman–Crippen LogP) is 3.42. The Balaban J connectivity index is 1.24. The highest BCUT2D eigenvalue weighted by Crippen LogP contribution is 2.59. The normalized spacial score (nSPS) is 22.2. The molecule has 3 aliphatic heterocycles. The molecule has 3 aliphatic rings. The van der Waals surface area contributed by atoms with E-state index < -0.39 is 42.7 Å². The largest absolute Gasteiger partial charge is 0.399 e. The van der Waals surface area contributed by atoms with Gasteiger partial charge < -0.3 is 29.8 Å². The Hall–Kier alpha value is -3.71. The summed E-state index contributed by atoms with van der Waals surface area (Å²) in [6.45, 7) is 2.60. The van der Waals surface area contributed by atoms with Crippen LogP contribution in [0.25, 0.3) is 10.1 Å². The van der Waals surface area contributed by atoms with Gasteiger partial charge >= 0.3 is 13.3 Å². The minimum absolute atomic E-state index is 0.0773. The van der Waals surface area contributed by atoms with E-state index in [1.165, 1.54) is 29.5 Å². The highest BCUT2D eigenvalue weighted by molar-refractivity contribution is 7.52. The lowest BCUT2D eigenvalue weighted by Crippen LogP contribution is -2.61. The molecule has 3 N–H and O–H groups in total. The van der Waals surface area contributed by atoms with Gasteiger partial charge in [-0.3, -0.25) is 23.7 Å². The van der Waals surface area contributed by atoms with E-state index in [0.717, 1.165) is 29.0 Å². The Morgan fingerprint density at radius 1 is 1.00 bits per heavy atom. The summed E-state index contributed by atoms with van der Waals surface area (Å²) in [5.41, 5.74) is -3.04. The molecule has 4 heterocycles. The van der Waals surface area contributed by atoms with Gasteiger partial charge in [0.2, 0.25) is 17.7 Å². The van der Waals surface area contributed by atoms with Crippen LogP contribution < -0.4 is 5.32 Å². The van der Waals surface area contributed by atoms with E-state index in [1.807, 2.05) is 24.3 Å². The van der Waals surface area contributed by atoms with Crippen LogP contribution in [0.5, 0.6) is 0 Å². The molecule has 3 aromatic rings. The number of alkyl halides is 2. The van der Waals surface area contributed by atoms with Crippen LogP contribution in [0.1, 0.15) is 52.5 Å². The van der Waals surface area contributed by atoms with Crippen molar-refractivity contribution < 1.29 is 42.3 Å². The van der Waals surface area contributed by atoms with Crippen LogP contribution in [0.3, 0.4) is 0 Å². The van der Waals surface area contributed by atoms with Crippen molar-refractivity contribution in [1.29, 1.82) is 0 Å². The summed E-state index contributed by atoms with van der Waals surface area (Å²) in [6, 6.07) is 10.1. The summed E-state index contributed by atoms with van der Waals surface area (Å²) in [6.07, 6.45) is 2.26. The van der Waals surface area contributed by atoms with Crippen molar-refractivity contribution in [3.63, 3.8) is 0 Å². The van der Waals surface area contributed by atoms with Gasteiger partial charge in [0.05, 0.1) is 4.88 Å². The molecule has 0 spiro atoms. The molecule has 0 unspecified atom stereocenters. The number of nitrogens with zero attached hydrogens (tertiary/aromatic N) is 3. The van der Waals surface area contributed by atoms with E-state index in [4.69, 9.17) is 9.79 Å². The minimum Gasteiger partial charge on any atom is -0.340 e. The quantitative estimate of drug-likeness (QED) is 0.352. The standard InChI is InChI=1S/C31H33F2N4O7PS/c1-18(38)35-13-11-23-7-8-25(30(41)36-12-10-19-4-2-3-5-20(19)16-36)37(23)29(40)24(17-35)34-28(39)27-15-21-14-22(6-9-26(21)46-27)31(32,33)45(42,43)44/h2-6,9,14-15,23-25H,7-8,10-13,16-17H2,1H3,(H,34,39)(H2,42,43,44)/t23-,24+,25+/m1/s1. The molecule has 2 fully saturated rings. The third-order valence-electron chi connectivity index (χ3n) is 9.12. The topological polar surface area (TPSA) is 148 Å². The number of halogens is 2. The number of fused-ring (bicyclic) bond motifs is 3. The molecule has 11 nitrogen and oxygen atoms in total. The summed E-state index contributed by atoms with van der Waals surface area (Å²) < 4.78 is 40.4. The first kappa shape index (κ1) is 32.2. The minimum atomic E-state index is -5.79. The van der Waals surface area contributed by atoms with Crippen LogP contribution in [0.15, 0.2) is 48.5 Å². The van der Waals surface area contributed by atoms with Gasteiger partial charge in [0.15, 0.2) is 0 Å². The molecule has 6 rings (SSSR count). The summed E-state index contributed by atoms with van der Waals surface area (Å²) in [5.74, 6) is -1.56. The second-order valence-corrected chi connectivity index (χ2v) is 14.7. The maximum Gasteiger partial charge on any atom is 0.399 e. The number of rotatable bonds is 5. The number of benzene rings is 2. The molecular formula is C31H33F2N4O7PS.